The van der Waals surface area contributed by atoms with Crippen LogP contribution in [0, 0.1) is 0 Å². The number of guanidine groups is 1. The molecule has 1 fully saturated rings. The van der Waals surface area contributed by atoms with Crippen molar-refractivity contribution in [1.82, 2.24) is 5.32 Å². The van der Waals surface area contributed by atoms with Crippen molar-refractivity contribution in [2.75, 3.05) is 25.3 Å². The van der Waals surface area contributed by atoms with Crippen molar-refractivity contribution in [1.29, 1.82) is 0 Å². The Morgan fingerprint density at radius 3 is 2.74 bits per heavy atom. The van der Waals surface area contributed by atoms with Crippen molar-refractivity contribution in [2.24, 2.45) is 4.99 Å². The van der Waals surface area contributed by atoms with Gasteiger partial charge in [-0.25, -0.2) is 4.99 Å². The highest BCUT2D eigenvalue weighted by molar-refractivity contribution is 6.10. The minimum atomic E-state index is -4.48. The number of carbonyl (C=O) groups excluding carboxylic acids is 1. The standard InChI is InChI=1S/C21H20F3N3O4/c22-21(23,24)14-3-1-4-15(10-14)26-20(25-11-16-5-2-8-29-16)27-19(28)13-6-7-17-18(9-13)31-12-30-17/h1,3-4,6-7,9-10,16H,2,5,8,11-12H2,(H2,25,26,27,28)/t16-/m1/s1. The van der Waals surface area contributed by atoms with E-state index in [1.807, 2.05) is 0 Å². The molecule has 10 heteroatoms. The second kappa shape index (κ2) is 8.84. The van der Waals surface area contributed by atoms with Gasteiger partial charge in [-0.1, -0.05) is 6.07 Å². The number of ether oxygens (including phenoxy) is 3. The zero-order valence-corrected chi connectivity index (χ0v) is 16.4. The Morgan fingerprint density at radius 2 is 1.97 bits per heavy atom. The molecule has 2 aliphatic rings. The molecule has 0 aliphatic carbocycles. The summed E-state index contributed by atoms with van der Waals surface area (Å²) in [7, 11) is 0. The summed E-state index contributed by atoms with van der Waals surface area (Å²) < 4.78 is 55.1. The lowest BCUT2D eigenvalue weighted by Crippen LogP contribution is -2.36. The van der Waals surface area contributed by atoms with Crippen LogP contribution in [0.1, 0.15) is 28.8 Å². The molecule has 2 aromatic rings. The molecule has 2 aliphatic heterocycles. The number of alkyl halides is 3. The molecule has 0 unspecified atom stereocenters. The third-order valence-corrected chi connectivity index (χ3v) is 4.80. The summed E-state index contributed by atoms with van der Waals surface area (Å²) >= 11 is 0. The number of benzene rings is 2. The summed E-state index contributed by atoms with van der Waals surface area (Å²) in [5.41, 5.74) is -0.370. The highest BCUT2D eigenvalue weighted by Gasteiger charge is 2.30. The van der Waals surface area contributed by atoms with Gasteiger partial charge in [-0.15, -0.1) is 0 Å². The molecular formula is C21H20F3N3O4. The third kappa shape index (κ3) is 5.26. The van der Waals surface area contributed by atoms with Crippen LogP contribution < -0.4 is 20.1 Å². The van der Waals surface area contributed by atoms with E-state index < -0.39 is 17.6 Å². The molecular weight excluding hydrogens is 415 g/mol. The fourth-order valence-electron chi connectivity index (χ4n) is 3.22. The average molecular weight is 435 g/mol. The van der Waals surface area contributed by atoms with Gasteiger partial charge in [0.25, 0.3) is 5.91 Å². The summed E-state index contributed by atoms with van der Waals surface area (Å²) in [5.74, 6) is 0.503. The molecule has 0 aromatic heterocycles. The summed E-state index contributed by atoms with van der Waals surface area (Å²) in [5, 5.41) is 5.40. The van der Waals surface area contributed by atoms with E-state index in [9.17, 15) is 18.0 Å². The second-order valence-corrected chi connectivity index (χ2v) is 7.05. The SMILES string of the molecule is O=C(NC(=NC[C@H]1CCCO1)Nc1cccc(C(F)(F)F)c1)c1ccc2c(c1)OCO2. The van der Waals surface area contributed by atoms with Crippen molar-refractivity contribution >= 4 is 17.6 Å². The second-order valence-electron chi connectivity index (χ2n) is 7.05. The van der Waals surface area contributed by atoms with Crippen molar-refractivity contribution in [3.8, 4) is 11.5 Å². The van der Waals surface area contributed by atoms with Gasteiger partial charge in [0, 0.05) is 17.9 Å². The number of nitrogens with zero attached hydrogens (tertiary/aromatic N) is 1. The Balaban J connectivity index is 1.52. The first-order chi connectivity index (χ1) is 14.9. The van der Waals surface area contributed by atoms with Gasteiger partial charge < -0.3 is 19.5 Å². The van der Waals surface area contributed by atoms with E-state index in [-0.39, 0.29) is 31.1 Å². The molecule has 0 radical (unpaired) electrons. The van der Waals surface area contributed by atoms with Crippen LogP contribution in [0.25, 0.3) is 0 Å². The van der Waals surface area contributed by atoms with Gasteiger partial charge in [0.1, 0.15) is 0 Å². The lowest BCUT2D eigenvalue weighted by atomic mass is 10.2. The predicted octanol–water partition coefficient (Wildman–Crippen LogP) is 3.81. The van der Waals surface area contributed by atoms with Gasteiger partial charge in [-0.2, -0.15) is 13.2 Å². The fourth-order valence-corrected chi connectivity index (χ4v) is 3.22. The van der Waals surface area contributed by atoms with Gasteiger partial charge in [-0.05, 0) is 49.2 Å². The van der Waals surface area contributed by atoms with Crippen LogP contribution in [0.5, 0.6) is 11.5 Å². The van der Waals surface area contributed by atoms with E-state index in [1.165, 1.54) is 18.2 Å². The van der Waals surface area contributed by atoms with Crippen molar-refractivity contribution in [2.45, 2.75) is 25.1 Å². The molecule has 7 nitrogen and oxygen atoms in total. The van der Waals surface area contributed by atoms with Gasteiger partial charge in [0.2, 0.25) is 12.8 Å². The molecule has 0 bridgehead atoms. The smallest absolute Gasteiger partial charge is 0.416 e. The Bertz CT molecular complexity index is 988. The summed E-state index contributed by atoms with van der Waals surface area (Å²) in [6.07, 6.45) is -2.83. The van der Waals surface area contributed by atoms with Crippen LogP contribution in [-0.4, -0.2) is 37.9 Å². The Morgan fingerprint density at radius 1 is 1.13 bits per heavy atom. The van der Waals surface area contributed by atoms with Crippen molar-refractivity contribution in [3.63, 3.8) is 0 Å². The number of amides is 1. The number of fused-ring (bicyclic) bond motifs is 1. The number of carbonyl (C=O) groups is 1. The van der Waals surface area contributed by atoms with E-state index in [4.69, 9.17) is 14.2 Å². The maximum Gasteiger partial charge on any atom is 0.416 e. The first-order valence-electron chi connectivity index (χ1n) is 9.70. The molecule has 164 valence electrons. The minimum Gasteiger partial charge on any atom is -0.454 e. The predicted molar refractivity (Wildman–Crippen MR) is 106 cm³/mol. The zero-order valence-electron chi connectivity index (χ0n) is 16.4. The van der Waals surface area contributed by atoms with E-state index in [0.717, 1.165) is 25.0 Å². The fraction of sp³-hybridized carbons (Fsp3) is 0.333. The van der Waals surface area contributed by atoms with Gasteiger partial charge in [0.05, 0.1) is 18.2 Å². The molecule has 1 amide bonds. The zero-order chi connectivity index (χ0) is 21.8. The largest absolute Gasteiger partial charge is 0.454 e. The maximum absolute atomic E-state index is 13.0. The number of hydrogen-bond donors (Lipinski definition) is 2. The normalized spacial score (nSPS) is 18.2. The van der Waals surface area contributed by atoms with E-state index in [0.29, 0.717) is 23.7 Å². The van der Waals surface area contributed by atoms with Crippen LogP contribution in [-0.2, 0) is 10.9 Å². The topological polar surface area (TPSA) is 81.2 Å². The highest BCUT2D eigenvalue weighted by Crippen LogP contribution is 2.32. The minimum absolute atomic E-state index is 0.0255. The molecule has 31 heavy (non-hydrogen) atoms. The molecule has 2 N–H and O–H groups in total. The molecule has 4 rings (SSSR count). The van der Waals surface area contributed by atoms with Gasteiger partial charge in [-0.3, -0.25) is 10.1 Å². The Kier molecular flexibility index (Phi) is 5.99. The van der Waals surface area contributed by atoms with Crippen LogP contribution >= 0.6 is 0 Å². The summed E-state index contributed by atoms with van der Waals surface area (Å²) in [6.45, 7) is 0.981. The maximum atomic E-state index is 13.0. The number of halogens is 3. The van der Waals surface area contributed by atoms with E-state index in [2.05, 4.69) is 15.6 Å². The number of rotatable bonds is 4. The average Bonchev–Trinajstić information content (AvgIpc) is 3.42. The number of hydrogen-bond acceptors (Lipinski definition) is 5. The molecule has 2 aromatic carbocycles. The van der Waals surface area contributed by atoms with Crippen LogP contribution in [0.3, 0.4) is 0 Å². The van der Waals surface area contributed by atoms with Crippen LogP contribution in [0.2, 0.25) is 0 Å². The molecule has 1 atom stereocenters. The lowest BCUT2D eigenvalue weighted by Gasteiger charge is -2.15. The van der Waals surface area contributed by atoms with Crippen LogP contribution in [0.15, 0.2) is 47.5 Å². The quantitative estimate of drug-likeness (QED) is 0.564. The van der Waals surface area contributed by atoms with Crippen molar-refractivity contribution in [3.05, 3.63) is 53.6 Å². The molecule has 0 spiro atoms. The summed E-state index contributed by atoms with van der Waals surface area (Å²) in [6, 6.07) is 9.37. The molecule has 1 saturated heterocycles. The first kappa shape index (κ1) is 21.0. The van der Waals surface area contributed by atoms with E-state index in [1.54, 1.807) is 12.1 Å². The van der Waals surface area contributed by atoms with Gasteiger partial charge >= 0.3 is 6.18 Å². The first-order valence-corrected chi connectivity index (χ1v) is 9.70. The molecule has 2 heterocycles. The number of anilines is 1. The highest BCUT2D eigenvalue weighted by atomic mass is 19.4. The van der Waals surface area contributed by atoms with Crippen LogP contribution in [0.4, 0.5) is 18.9 Å². The Labute approximate surface area is 176 Å². The number of aliphatic imine (C=N–C) groups is 1. The monoisotopic (exact) mass is 435 g/mol. The van der Waals surface area contributed by atoms with Crippen molar-refractivity contribution < 1.29 is 32.2 Å². The third-order valence-electron chi connectivity index (χ3n) is 4.80. The molecule has 0 saturated carbocycles. The van der Waals surface area contributed by atoms with Gasteiger partial charge in [0.15, 0.2) is 11.5 Å². The Hall–Kier alpha value is -3.27. The van der Waals surface area contributed by atoms with E-state index >= 15 is 0 Å². The number of nitrogens with one attached hydrogen (secondary N) is 2. The lowest BCUT2D eigenvalue weighted by molar-refractivity contribution is -0.137. The summed E-state index contributed by atoms with van der Waals surface area (Å²) in [4.78, 5) is 17.1.